The van der Waals surface area contributed by atoms with Gasteiger partial charge in [-0.1, -0.05) is 24.3 Å². The molecule has 1 heterocycles. The molecule has 6 heteroatoms. The summed E-state index contributed by atoms with van der Waals surface area (Å²) in [5.41, 5.74) is 4.94. The molecule has 0 fully saturated rings. The van der Waals surface area contributed by atoms with Crippen LogP contribution in [-0.4, -0.2) is 9.97 Å². The zero-order valence-corrected chi connectivity index (χ0v) is 18.3. The van der Waals surface area contributed by atoms with Crippen LogP contribution in [0.4, 0.5) is 4.39 Å². The summed E-state index contributed by atoms with van der Waals surface area (Å²) < 4.78 is 20.0. The van der Waals surface area contributed by atoms with Crippen molar-refractivity contribution in [3.8, 4) is 11.8 Å². The van der Waals surface area contributed by atoms with Crippen LogP contribution >= 0.6 is 22.6 Å². The number of nitriles is 1. The van der Waals surface area contributed by atoms with Crippen LogP contribution in [0, 0.1) is 27.6 Å². The van der Waals surface area contributed by atoms with E-state index in [9.17, 15) is 9.65 Å². The number of imidazole rings is 1. The van der Waals surface area contributed by atoms with Crippen molar-refractivity contribution < 1.29 is 9.13 Å². The number of hydrogen-bond acceptors (Lipinski definition) is 3. The Balaban J connectivity index is 1.56. The highest BCUT2D eigenvalue weighted by Crippen LogP contribution is 2.26. The van der Waals surface area contributed by atoms with Gasteiger partial charge in [0.15, 0.2) is 0 Å². The van der Waals surface area contributed by atoms with Crippen molar-refractivity contribution in [1.29, 1.82) is 5.26 Å². The number of benzene rings is 3. The lowest BCUT2D eigenvalue weighted by molar-refractivity contribution is 0.303. The lowest BCUT2D eigenvalue weighted by Crippen LogP contribution is -1.97. The number of H-pyrrole nitrogens is 1. The SMILES string of the molecule is Cc1ccc2nc(/C(C#N)=C\c3ccc(OCc4cccc(F)c4)c(I)c3)[nH]c2c1. The number of aromatic amines is 1. The van der Waals surface area contributed by atoms with Crippen LogP contribution in [0.3, 0.4) is 0 Å². The average Bonchev–Trinajstić information content (AvgIpc) is 3.14. The molecule has 30 heavy (non-hydrogen) atoms. The second-order valence-corrected chi connectivity index (χ2v) is 8.05. The number of ether oxygens (including phenoxy) is 1. The number of aromatic nitrogens is 2. The fraction of sp³-hybridized carbons (Fsp3) is 0.0833. The number of hydrogen-bond donors (Lipinski definition) is 1. The van der Waals surface area contributed by atoms with Crippen molar-refractivity contribution in [3.05, 3.63) is 92.6 Å². The molecule has 1 aromatic heterocycles. The van der Waals surface area contributed by atoms with Gasteiger partial charge in [0.05, 0.1) is 20.2 Å². The Morgan fingerprint density at radius 1 is 1.20 bits per heavy atom. The Kier molecular flexibility index (Phi) is 5.81. The van der Waals surface area contributed by atoms with Crippen LogP contribution in [0.15, 0.2) is 60.7 Å². The first-order valence-corrected chi connectivity index (χ1v) is 10.3. The van der Waals surface area contributed by atoms with Crippen LogP contribution in [-0.2, 0) is 6.61 Å². The topological polar surface area (TPSA) is 61.7 Å². The predicted molar refractivity (Wildman–Crippen MR) is 124 cm³/mol. The van der Waals surface area contributed by atoms with E-state index >= 15 is 0 Å². The molecule has 0 aliphatic heterocycles. The third-order valence-corrected chi connectivity index (χ3v) is 5.41. The first kappa shape index (κ1) is 20.1. The molecule has 0 spiro atoms. The molecule has 0 saturated heterocycles. The summed E-state index contributed by atoms with van der Waals surface area (Å²) >= 11 is 2.19. The maximum absolute atomic E-state index is 13.3. The van der Waals surface area contributed by atoms with Crippen LogP contribution in [0.5, 0.6) is 5.75 Å². The Morgan fingerprint density at radius 3 is 2.83 bits per heavy atom. The van der Waals surface area contributed by atoms with Gasteiger partial charge in [-0.15, -0.1) is 0 Å². The van der Waals surface area contributed by atoms with Gasteiger partial charge in [-0.3, -0.25) is 0 Å². The van der Waals surface area contributed by atoms with Gasteiger partial charge in [-0.05, 0) is 88.7 Å². The molecule has 3 aromatic carbocycles. The molecule has 0 aliphatic carbocycles. The number of aryl methyl sites for hydroxylation is 1. The molecule has 0 bridgehead atoms. The minimum Gasteiger partial charge on any atom is -0.488 e. The predicted octanol–water partition coefficient (Wildman–Crippen LogP) is 6.26. The molecule has 148 valence electrons. The van der Waals surface area contributed by atoms with E-state index in [-0.39, 0.29) is 12.4 Å². The smallest absolute Gasteiger partial charge is 0.149 e. The number of nitrogens with zero attached hydrogens (tertiary/aromatic N) is 2. The molecule has 0 saturated carbocycles. The number of halogens is 2. The summed E-state index contributed by atoms with van der Waals surface area (Å²) in [5, 5.41) is 9.64. The normalized spacial score (nSPS) is 11.5. The molecule has 0 atom stereocenters. The first-order chi connectivity index (χ1) is 14.5. The second-order valence-electron chi connectivity index (χ2n) is 6.88. The lowest BCUT2D eigenvalue weighted by Gasteiger charge is -2.09. The largest absolute Gasteiger partial charge is 0.488 e. The van der Waals surface area contributed by atoms with Gasteiger partial charge in [-0.2, -0.15) is 5.26 Å². The van der Waals surface area contributed by atoms with Gasteiger partial charge in [0.2, 0.25) is 0 Å². The maximum Gasteiger partial charge on any atom is 0.149 e. The highest BCUT2D eigenvalue weighted by molar-refractivity contribution is 14.1. The van der Waals surface area contributed by atoms with Crippen LogP contribution in [0.2, 0.25) is 0 Å². The molecule has 0 radical (unpaired) electrons. The van der Waals surface area contributed by atoms with Crippen LogP contribution < -0.4 is 4.74 Å². The molecule has 4 nitrogen and oxygen atoms in total. The fourth-order valence-corrected chi connectivity index (χ4v) is 3.78. The third-order valence-electron chi connectivity index (χ3n) is 4.56. The van der Waals surface area contributed by atoms with E-state index in [1.54, 1.807) is 12.1 Å². The van der Waals surface area contributed by atoms with E-state index in [1.165, 1.54) is 12.1 Å². The summed E-state index contributed by atoms with van der Waals surface area (Å²) in [6, 6.07) is 20.2. The minimum atomic E-state index is -0.281. The summed E-state index contributed by atoms with van der Waals surface area (Å²) in [7, 11) is 0. The average molecular weight is 509 g/mol. The third kappa shape index (κ3) is 4.52. The first-order valence-electron chi connectivity index (χ1n) is 9.27. The number of rotatable bonds is 5. The zero-order valence-electron chi connectivity index (χ0n) is 16.1. The van der Waals surface area contributed by atoms with Crippen molar-refractivity contribution in [1.82, 2.24) is 9.97 Å². The summed E-state index contributed by atoms with van der Waals surface area (Å²) in [6.07, 6.45) is 1.79. The Labute approximate surface area is 187 Å². The second kappa shape index (κ2) is 8.67. The van der Waals surface area contributed by atoms with Gasteiger partial charge < -0.3 is 9.72 Å². The lowest BCUT2D eigenvalue weighted by atomic mass is 10.1. The Bertz CT molecular complexity index is 1300. The van der Waals surface area contributed by atoms with Crippen molar-refractivity contribution in [3.63, 3.8) is 0 Å². The van der Waals surface area contributed by atoms with Crippen LogP contribution in [0.25, 0.3) is 22.7 Å². The van der Waals surface area contributed by atoms with Crippen molar-refractivity contribution in [2.24, 2.45) is 0 Å². The highest BCUT2D eigenvalue weighted by atomic mass is 127. The minimum absolute atomic E-state index is 0.281. The number of nitrogens with one attached hydrogen (secondary N) is 1. The van der Waals surface area contributed by atoms with E-state index in [4.69, 9.17) is 4.74 Å². The van der Waals surface area contributed by atoms with Gasteiger partial charge in [0.25, 0.3) is 0 Å². The molecular formula is C24H17FIN3O. The summed E-state index contributed by atoms with van der Waals surface area (Å²) in [6.45, 7) is 2.30. The molecule has 0 unspecified atom stereocenters. The van der Waals surface area contributed by atoms with E-state index in [0.29, 0.717) is 17.1 Å². The van der Waals surface area contributed by atoms with Crippen molar-refractivity contribution in [2.75, 3.05) is 0 Å². The summed E-state index contributed by atoms with van der Waals surface area (Å²) in [5.74, 6) is 0.963. The summed E-state index contributed by atoms with van der Waals surface area (Å²) in [4.78, 5) is 7.75. The van der Waals surface area contributed by atoms with Crippen molar-refractivity contribution in [2.45, 2.75) is 13.5 Å². The molecule has 0 aliphatic rings. The zero-order chi connectivity index (χ0) is 21.1. The molecule has 4 rings (SSSR count). The Hall–Kier alpha value is -3.18. The quantitative estimate of drug-likeness (QED) is 0.255. The molecule has 4 aromatic rings. The van der Waals surface area contributed by atoms with Gasteiger partial charge in [0.1, 0.15) is 30.1 Å². The van der Waals surface area contributed by atoms with Gasteiger partial charge in [0, 0.05) is 0 Å². The standard InChI is InChI=1S/C24H17FIN3O/c1-15-5-7-21-22(9-15)29-24(28-21)18(13-27)10-16-6-8-23(20(26)12-16)30-14-17-3-2-4-19(25)11-17/h2-12H,14H2,1H3,(H,28,29)/b18-10-. The Morgan fingerprint density at radius 2 is 2.07 bits per heavy atom. The fourth-order valence-electron chi connectivity index (χ4n) is 3.08. The maximum atomic E-state index is 13.3. The monoisotopic (exact) mass is 509 g/mol. The van der Waals surface area contributed by atoms with Crippen LogP contribution in [0.1, 0.15) is 22.5 Å². The van der Waals surface area contributed by atoms with E-state index < -0.39 is 0 Å². The molecular weight excluding hydrogens is 492 g/mol. The van der Waals surface area contributed by atoms with E-state index in [0.717, 1.165) is 31.3 Å². The van der Waals surface area contributed by atoms with E-state index in [2.05, 4.69) is 38.6 Å². The number of fused-ring (bicyclic) bond motifs is 1. The van der Waals surface area contributed by atoms with E-state index in [1.807, 2.05) is 49.4 Å². The van der Waals surface area contributed by atoms with Crippen molar-refractivity contribution >= 4 is 45.3 Å². The number of allylic oxidation sites excluding steroid dienone is 1. The highest BCUT2D eigenvalue weighted by Gasteiger charge is 2.09. The van der Waals surface area contributed by atoms with Gasteiger partial charge in [-0.25, -0.2) is 9.37 Å². The molecule has 1 N–H and O–H groups in total. The molecule has 0 amide bonds. The van der Waals surface area contributed by atoms with Gasteiger partial charge >= 0.3 is 0 Å².